The van der Waals surface area contributed by atoms with Crippen LogP contribution in [0.2, 0.25) is 0 Å². The summed E-state index contributed by atoms with van der Waals surface area (Å²) in [4.78, 5) is 42.6. The van der Waals surface area contributed by atoms with Gasteiger partial charge in [0.15, 0.2) is 5.78 Å². The van der Waals surface area contributed by atoms with Crippen LogP contribution < -0.4 is 10.6 Å². The van der Waals surface area contributed by atoms with Gasteiger partial charge in [-0.05, 0) is 41.9 Å². The van der Waals surface area contributed by atoms with Crippen LogP contribution in [0.5, 0.6) is 0 Å². The fourth-order valence-corrected chi connectivity index (χ4v) is 7.27. The first-order chi connectivity index (χ1) is 17.6. The maximum atomic E-state index is 12.3. The number of allylic oxidation sites excluding steroid dienone is 4. The Kier molecular flexibility index (Phi) is 7.94. The van der Waals surface area contributed by atoms with Crippen LogP contribution in [-0.2, 0) is 14.4 Å². The summed E-state index contributed by atoms with van der Waals surface area (Å²) in [6, 6.07) is 0. The summed E-state index contributed by atoms with van der Waals surface area (Å²) >= 11 is 0. The zero-order valence-corrected chi connectivity index (χ0v) is 22.2. The minimum atomic E-state index is -0.574. The minimum Gasteiger partial charge on any atom is -0.523 e. The largest absolute Gasteiger partial charge is 0.523 e. The lowest BCUT2D eigenvalue weighted by atomic mass is 9.56. The smallest absolute Gasteiger partial charge is 0.226 e. The highest BCUT2D eigenvalue weighted by molar-refractivity contribution is 6.02. The molecule has 2 aliphatic carbocycles. The van der Waals surface area contributed by atoms with Crippen molar-refractivity contribution >= 4 is 17.6 Å². The normalized spacial score (nSPS) is 34.3. The zero-order valence-electron chi connectivity index (χ0n) is 24.2. The van der Waals surface area contributed by atoms with E-state index in [4.69, 9.17) is 16.1 Å². The number of aliphatic hydroxyl groups excluding tert-OH is 1. The molecule has 8 nitrogen and oxygen atoms in total. The van der Waals surface area contributed by atoms with E-state index < -0.39 is 16.2 Å². The van der Waals surface area contributed by atoms with Crippen LogP contribution in [0.1, 0.15) is 84.0 Å². The second-order valence-electron chi connectivity index (χ2n) is 12.4. The third-order valence-electron chi connectivity index (χ3n) is 8.99. The van der Waals surface area contributed by atoms with E-state index >= 15 is 0 Å². The fourth-order valence-electron chi connectivity index (χ4n) is 7.27. The van der Waals surface area contributed by atoms with E-state index in [9.17, 15) is 19.5 Å². The van der Waals surface area contributed by atoms with Gasteiger partial charge < -0.3 is 20.5 Å². The van der Waals surface area contributed by atoms with Crippen LogP contribution in [-0.4, -0.2) is 35.8 Å². The first kappa shape index (κ1) is 28.4. The topological polar surface area (TPSA) is 104 Å². The molecule has 0 spiro atoms. The number of amides is 2. The Morgan fingerprint density at radius 2 is 1.43 bits per heavy atom. The molecular formula is C29H44N4O4. The molecule has 2 aliphatic heterocycles. The second kappa shape index (κ2) is 10.3. The van der Waals surface area contributed by atoms with Crippen LogP contribution in [0.25, 0.3) is 9.69 Å². The number of hydrogen-bond acceptors (Lipinski definition) is 4. The molecule has 204 valence electrons. The van der Waals surface area contributed by atoms with Crippen LogP contribution >= 0.6 is 0 Å². The lowest BCUT2D eigenvalue weighted by Crippen LogP contribution is -2.46. The maximum absolute atomic E-state index is 12.3. The highest BCUT2D eigenvalue weighted by Gasteiger charge is 2.53. The van der Waals surface area contributed by atoms with E-state index in [1.165, 1.54) is 0 Å². The molecular weight excluding hydrogens is 468 g/mol. The van der Waals surface area contributed by atoms with Crippen LogP contribution in [0.15, 0.2) is 23.2 Å². The average Bonchev–Trinajstić information content (AvgIpc) is 3.11. The van der Waals surface area contributed by atoms with Gasteiger partial charge in [-0.25, -0.2) is 9.69 Å². The molecule has 2 saturated heterocycles. The Labute approximate surface area is 224 Å². The Morgan fingerprint density at radius 3 is 1.97 bits per heavy atom. The van der Waals surface area contributed by atoms with Crippen molar-refractivity contribution in [3.63, 3.8) is 0 Å². The Balaban J connectivity index is 0.000000358. The second-order valence-corrected chi connectivity index (χ2v) is 12.4. The van der Waals surface area contributed by atoms with Crippen LogP contribution in [0.4, 0.5) is 0 Å². The van der Waals surface area contributed by atoms with Crippen molar-refractivity contribution in [2.45, 2.75) is 81.1 Å². The summed E-state index contributed by atoms with van der Waals surface area (Å²) in [7, 11) is 0. The molecule has 0 radical (unpaired) electrons. The van der Waals surface area contributed by atoms with E-state index in [-0.39, 0.29) is 53.7 Å². The van der Waals surface area contributed by atoms with Crippen molar-refractivity contribution in [1.29, 1.82) is 0 Å². The first-order valence-corrected chi connectivity index (χ1v) is 12.6. The van der Waals surface area contributed by atoms with Crippen molar-refractivity contribution < 1.29 is 22.5 Å². The number of hydrogen-bond donors (Lipinski definition) is 3. The van der Waals surface area contributed by atoms with Crippen LogP contribution in [0, 0.1) is 46.6 Å². The number of ketones is 1. The molecule has 3 N–H and O–H groups in total. The molecule has 0 bridgehead atoms. The molecule has 4 aliphatic rings. The summed E-state index contributed by atoms with van der Waals surface area (Å²) in [5.74, 6) is 0.507. The standard InChI is InChI=1S/C14H20N2O2.C14H18N2O2.CH4.H2/c2*1-13(2)10-5-6-16-11(17)8-14(10,3)7-9(15-4)12(13)18;;/h10,18H,5-8H2,1-3H3,(H,16,17);7,10H,5-6,8H2,1-3H3,(H,16,17);1H4;1H/t2*10-,14+;;/m00../s1/i;;;1+1D. The molecule has 37 heavy (non-hydrogen) atoms. The van der Waals surface area contributed by atoms with Crippen molar-refractivity contribution in [1.82, 2.24) is 10.6 Å². The van der Waals surface area contributed by atoms with Crippen molar-refractivity contribution in [3.8, 4) is 0 Å². The number of nitrogens with zero attached hydrogens (tertiary/aromatic N) is 2. The lowest BCUT2D eigenvalue weighted by Gasteiger charge is -2.49. The lowest BCUT2D eigenvalue weighted by molar-refractivity contribution is -0.131. The summed E-state index contributed by atoms with van der Waals surface area (Å²) < 4.78 is 10.0. The first-order valence-electron chi connectivity index (χ1n) is 13.6. The van der Waals surface area contributed by atoms with E-state index in [2.05, 4.69) is 27.2 Å². The predicted octanol–water partition coefficient (Wildman–Crippen LogP) is 5.45. The van der Waals surface area contributed by atoms with Crippen LogP contribution in [0.3, 0.4) is 0 Å². The molecule has 2 amide bonds. The molecule has 0 aromatic heterocycles. The molecule has 4 rings (SSSR count). The average molecular weight is 515 g/mol. The predicted molar refractivity (Wildman–Crippen MR) is 145 cm³/mol. The Morgan fingerprint density at radius 1 is 0.892 bits per heavy atom. The number of carbonyl (C=O) groups excluding carboxylic acids is 3. The molecule has 4 atom stereocenters. The van der Waals surface area contributed by atoms with Gasteiger partial charge in [-0.1, -0.05) is 55.0 Å². The molecule has 0 aromatic rings. The van der Waals surface area contributed by atoms with Gasteiger partial charge in [-0.2, -0.15) is 0 Å². The maximum Gasteiger partial charge on any atom is 0.226 e. The monoisotopic (exact) mass is 514 g/mol. The van der Waals surface area contributed by atoms with Gasteiger partial charge in [-0.15, -0.1) is 0 Å². The van der Waals surface area contributed by atoms with Gasteiger partial charge in [0.25, 0.3) is 0 Å². The van der Waals surface area contributed by atoms with Gasteiger partial charge >= 0.3 is 0 Å². The Bertz CT molecular complexity index is 1130. The van der Waals surface area contributed by atoms with Crippen molar-refractivity contribution in [3.05, 3.63) is 46.1 Å². The summed E-state index contributed by atoms with van der Waals surface area (Å²) in [6.45, 7) is 27.4. The number of aliphatic hydroxyl groups is 1. The van der Waals surface area contributed by atoms with E-state index in [0.29, 0.717) is 38.0 Å². The number of rotatable bonds is 0. The fraction of sp³-hybridized carbons (Fsp3) is 0.690. The highest BCUT2D eigenvalue weighted by Crippen LogP contribution is 2.56. The van der Waals surface area contributed by atoms with E-state index in [1.807, 2.05) is 34.6 Å². The molecule has 0 aromatic carbocycles. The van der Waals surface area contributed by atoms with E-state index in [0.717, 1.165) is 12.8 Å². The molecule has 0 saturated carbocycles. The number of Topliss-reactive ketones (excluding diaryl/α,β-unsaturated/α-hetero) is 1. The molecule has 8 heteroatoms. The SMILES string of the molecule is C.[2H][2H].[C-]#[N+]C1=C(O)C(C)(C)[C@@H]2CCNC(=O)C[C@@]2(C)C1.[C-]#[N+]C1=C[C@]2(C)CC(=O)NCC[C@H]2C(C)(C)C1=O. The summed E-state index contributed by atoms with van der Waals surface area (Å²) in [5.41, 5.74) is -1.01. The molecule has 0 unspecified atom stereocenters. The summed E-state index contributed by atoms with van der Waals surface area (Å²) in [5, 5.41) is 16.0. The van der Waals surface area contributed by atoms with Crippen molar-refractivity contribution in [2.24, 2.45) is 33.5 Å². The van der Waals surface area contributed by atoms with Gasteiger partial charge in [0.2, 0.25) is 23.2 Å². The number of nitrogens with one attached hydrogen (secondary N) is 2. The molecule has 2 fully saturated rings. The van der Waals surface area contributed by atoms with Gasteiger partial charge in [-0.3, -0.25) is 9.59 Å². The highest BCUT2D eigenvalue weighted by atomic mass is 16.3. The third-order valence-corrected chi connectivity index (χ3v) is 8.99. The Hall–Kier alpha value is -3.13. The number of fused-ring (bicyclic) bond motifs is 2. The van der Waals surface area contributed by atoms with Gasteiger partial charge in [0, 0.05) is 39.7 Å². The molecule has 2 heterocycles. The summed E-state index contributed by atoms with van der Waals surface area (Å²) in [6.07, 6.45) is 4.65. The quantitative estimate of drug-likeness (QED) is 0.374. The van der Waals surface area contributed by atoms with E-state index in [1.54, 1.807) is 6.08 Å². The van der Waals surface area contributed by atoms with Crippen molar-refractivity contribution in [2.75, 3.05) is 13.1 Å². The zero-order chi connectivity index (χ0) is 29.1. The minimum absolute atomic E-state index is 0. The van der Waals surface area contributed by atoms with Gasteiger partial charge in [0.1, 0.15) is 5.76 Å². The van der Waals surface area contributed by atoms with Gasteiger partial charge in [0.05, 0.1) is 13.1 Å². The number of carbonyl (C=O) groups is 3. The third kappa shape index (κ3) is 5.30.